The van der Waals surface area contributed by atoms with Gasteiger partial charge in [0.1, 0.15) is 5.82 Å². The lowest BCUT2D eigenvalue weighted by Gasteiger charge is -2.28. The van der Waals surface area contributed by atoms with E-state index in [0.717, 1.165) is 36.6 Å². The highest BCUT2D eigenvalue weighted by Crippen LogP contribution is 2.20. The standard InChI is InChI=1S/C19H25N3O/c1-12(2)18-20-17-8-9-22(11-16(17)19(23)21-18)10-15-7-5-6-13(3)14(15)4/h5-7,12H,8-11H2,1-4H3,(H,20,21,23). The van der Waals surface area contributed by atoms with Crippen LogP contribution >= 0.6 is 0 Å². The summed E-state index contributed by atoms with van der Waals surface area (Å²) < 4.78 is 0. The van der Waals surface area contributed by atoms with Gasteiger partial charge in [0, 0.05) is 32.0 Å². The van der Waals surface area contributed by atoms with Crippen LogP contribution in [0.1, 0.15) is 53.5 Å². The van der Waals surface area contributed by atoms with Crippen LogP contribution in [0.25, 0.3) is 0 Å². The van der Waals surface area contributed by atoms with Gasteiger partial charge in [0.2, 0.25) is 0 Å². The number of hydrogen-bond donors (Lipinski definition) is 1. The predicted molar refractivity (Wildman–Crippen MR) is 92.7 cm³/mol. The molecule has 23 heavy (non-hydrogen) atoms. The number of aryl methyl sites for hydroxylation is 1. The highest BCUT2D eigenvalue weighted by molar-refractivity contribution is 5.33. The first kappa shape index (κ1) is 15.9. The molecule has 122 valence electrons. The maximum atomic E-state index is 12.4. The van der Waals surface area contributed by atoms with E-state index in [1.807, 2.05) is 0 Å². The van der Waals surface area contributed by atoms with Gasteiger partial charge in [0.15, 0.2) is 0 Å². The number of benzene rings is 1. The molecule has 0 bridgehead atoms. The zero-order valence-corrected chi connectivity index (χ0v) is 14.4. The van der Waals surface area contributed by atoms with Crippen LogP contribution in [0.2, 0.25) is 0 Å². The van der Waals surface area contributed by atoms with E-state index in [2.05, 4.69) is 60.8 Å². The molecule has 2 aromatic rings. The number of hydrogen-bond acceptors (Lipinski definition) is 3. The maximum Gasteiger partial charge on any atom is 0.255 e. The Labute approximate surface area is 137 Å². The van der Waals surface area contributed by atoms with Crippen molar-refractivity contribution in [2.24, 2.45) is 0 Å². The van der Waals surface area contributed by atoms with Crippen LogP contribution in [0.4, 0.5) is 0 Å². The molecule has 0 saturated heterocycles. The molecule has 1 aromatic carbocycles. The highest BCUT2D eigenvalue weighted by atomic mass is 16.1. The van der Waals surface area contributed by atoms with Gasteiger partial charge in [0.25, 0.3) is 5.56 Å². The first-order valence-corrected chi connectivity index (χ1v) is 8.35. The smallest absolute Gasteiger partial charge is 0.255 e. The molecule has 1 N–H and O–H groups in total. The third-order valence-corrected chi connectivity index (χ3v) is 4.82. The minimum atomic E-state index is 0.0318. The number of nitrogens with one attached hydrogen (secondary N) is 1. The van der Waals surface area contributed by atoms with Crippen molar-refractivity contribution in [3.05, 3.63) is 62.3 Å². The van der Waals surface area contributed by atoms with Gasteiger partial charge in [-0.05, 0) is 30.5 Å². The lowest BCUT2D eigenvalue weighted by molar-refractivity contribution is 0.241. The summed E-state index contributed by atoms with van der Waals surface area (Å²) in [6.45, 7) is 11.0. The van der Waals surface area contributed by atoms with Crippen molar-refractivity contribution in [2.75, 3.05) is 6.54 Å². The van der Waals surface area contributed by atoms with Crippen molar-refractivity contribution in [1.29, 1.82) is 0 Å². The zero-order chi connectivity index (χ0) is 16.6. The number of rotatable bonds is 3. The number of H-pyrrole nitrogens is 1. The minimum Gasteiger partial charge on any atom is -0.310 e. The summed E-state index contributed by atoms with van der Waals surface area (Å²) in [5.41, 5.74) is 5.86. The van der Waals surface area contributed by atoms with Crippen molar-refractivity contribution >= 4 is 0 Å². The summed E-state index contributed by atoms with van der Waals surface area (Å²) >= 11 is 0. The normalized spacial score (nSPS) is 15.0. The second-order valence-corrected chi connectivity index (χ2v) is 6.85. The van der Waals surface area contributed by atoms with Gasteiger partial charge in [-0.15, -0.1) is 0 Å². The fourth-order valence-electron chi connectivity index (χ4n) is 3.13. The van der Waals surface area contributed by atoms with Crippen molar-refractivity contribution < 1.29 is 0 Å². The Morgan fingerprint density at radius 3 is 2.83 bits per heavy atom. The van der Waals surface area contributed by atoms with Crippen LogP contribution in [0.3, 0.4) is 0 Å². The second-order valence-electron chi connectivity index (χ2n) is 6.85. The van der Waals surface area contributed by atoms with Gasteiger partial charge in [-0.2, -0.15) is 0 Å². The molecule has 0 radical (unpaired) electrons. The monoisotopic (exact) mass is 311 g/mol. The molecule has 1 aliphatic rings. The van der Waals surface area contributed by atoms with E-state index in [-0.39, 0.29) is 11.5 Å². The lowest BCUT2D eigenvalue weighted by atomic mass is 10.0. The summed E-state index contributed by atoms with van der Waals surface area (Å²) in [5, 5.41) is 0. The molecule has 3 rings (SSSR count). The molecule has 4 heteroatoms. The second kappa shape index (κ2) is 6.28. The van der Waals surface area contributed by atoms with E-state index < -0.39 is 0 Å². The molecule has 0 fully saturated rings. The Hall–Kier alpha value is -1.94. The molecule has 0 saturated carbocycles. The molecule has 1 aliphatic heterocycles. The predicted octanol–water partition coefficient (Wildman–Crippen LogP) is 3.07. The van der Waals surface area contributed by atoms with E-state index in [1.165, 1.54) is 16.7 Å². The van der Waals surface area contributed by atoms with Crippen LogP contribution in [-0.2, 0) is 19.5 Å². The van der Waals surface area contributed by atoms with E-state index in [4.69, 9.17) is 0 Å². The highest BCUT2D eigenvalue weighted by Gasteiger charge is 2.22. The minimum absolute atomic E-state index is 0.0318. The molecule has 4 nitrogen and oxygen atoms in total. The Morgan fingerprint density at radius 2 is 2.09 bits per heavy atom. The fraction of sp³-hybridized carbons (Fsp3) is 0.474. The van der Waals surface area contributed by atoms with Crippen molar-refractivity contribution in [2.45, 2.75) is 53.1 Å². The SMILES string of the molecule is Cc1cccc(CN2CCc3nc(C(C)C)[nH]c(=O)c3C2)c1C. The third kappa shape index (κ3) is 3.22. The number of aromatic nitrogens is 2. The molecule has 0 unspecified atom stereocenters. The van der Waals surface area contributed by atoms with Crippen LogP contribution < -0.4 is 5.56 Å². The molecule has 0 atom stereocenters. The Balaban J connectivity index is 1.83. The topological polar surface area (TPSA) is 49.0 Å². The van der Waals surface area contributed by atoms with Gasteiger partial charge in [-0.3, -0.25) is 9.69 Å². The quantitative estimate of drug-likeness (QED) is 0.947. The number of nitrogens with zero attached hydrogens (tertiary/aromatic N) is 2. The molecular formula is C19H25N3O. The summed E-state index contributed by atoms with van der Waals surface area (Å²) in [7, 11) is 0. The Morgan fingerprint density at radius 1 is 1.30 bits per heavy atom. The Kier molecular flexibility index (Phi) is 4.35. The Bertz CT molecular complexity index is 777. The number of fused-ring (bicyclic) bond motifs is 1. The molecule has 0 amide bonds. The van der Waals surface area contributed by atoms with Crippen LogP contribution in [0.15, 0.2) is 23.0 Å². The van der Waals surface area contributed by atoms with E-state index >= 15 is 0 Å². The maximum absolute atomic E-state index is 12.4. The van der Waals surface area contributed by atoms with Gasteiger partial charge in [0.05, 0.1) is 11.3 Å². The number of aromatic amines is 1. The van der Waals surface area contributed by atoms with Gasteiger partial charge < -0.3 is 4.98 Å². The average molecular weight is 311 g/mol. The van der Waals surface area contributed by atoms with Crippen molar-refractivity contribution in [3.8, 4) is 0 Å². The molecule has 0 aliphatic carbocycles. The van der Waals surface area contributed by atoms with E-state index in [9.17, 15) is 4.79 Å². The zero-order valence-electron chi connectivity index (χ0n) is 14.4. The molecule has 1 aromatic heterocycles. The van der Waals surface area contributed by atoms with Crippen molar-refractivity contribution in [3.63, 3.8) is 0 Å². The van der Waals surface area contributed by atoms with Crippen LogP contribution in [0.5, 0.6) is 0 Å². The van der Waals surface area contributed by atoms with E-state index in [0.29, 0.717) is 6.54 Å². The van der Waals surface area contributed by atoms with Gasteiger partial charge >= 0.3 is 0 Å². The largest absolute Gasteiger partial charge is 0.310 e. The molecular weight excluding hydrogens is 286 g/mol. The summed E-state index contributed by atoms with van der Waals surface area (Å²) in [6, 6.07) is 6.44. The summed E-state index contributed by atoms with van der Waals surface area (Å²) in [6.07, 6.45) is 0.851. The van der Waals surface area contributed by atoms with Crippen LogP contribution in [-0.4, -0.2) is 21.4 Å². The van der Waals surface area contributed by atoms with Gasteiger partial charge in [-0.1, -0.05) is 32.0 Å². The third-order valence-electron chi connectivity index (χ3n) is 4.82. The van der Waals surface area contributed by atoms with Gasteiger partial charge in [-0.25, -0.2) is 4.98 Å². The molecule has 0 spiro atoms. The van der Waals surface area contributed by atoms with E-state index in [1.54, 1.807) is 0 Å². The molecule has 2 heterocycles. The first-order valence-electron chi connectivity index (χ1n) is 8.35. The summed E-state index contributed by atoms with van der Waals surface area (Å²) in [4.78, 5) is 22.3. The lowest BCUT2D eigenvalue weighted by Crippen LogP contribution is -2.36. The summed E-state index contributed by atoms with van der Waals surface area (Å²) in [5.74, 6) is 1.05. The average Bonchev–Trinajstić information content (AvgIpc) is 2.52. The van der Waals surface area contributed by atoms with Crippen molar-refractivity contribution in [1.82, 2.24) is 14.9 Å². The first-order chi connectivity index (χ1) is 11.0. The van der Waals surface area contributed by atoms with Crippen LogP contribution in [0, 0.1) is 13.8 Å². The fourth-order valence-corrected chi connectivity index (χ4v) is 3.13.